The first-order valence-electron chi connectivity index (χ1n) is 8.58. The summed E-state index contributed by atoms with van der Waals surface area (Å²) in [6.45, 7) is 3.69. The summed E-state index contributed by atoms with van der Waals surface area (Å²) in [6.07, 6.45) is 0. The molecule has 1 aliphatic heterocycles. The maximum atomic E-state index is 12.9. The molecular weight excluding hydrogens is 370 g/mol. The fourth-order valence-electron chi connectivity index (χ4n) is 3.81. The number of quaternary nitrogens is 1. The zero-order chi connectivity index (χ0) is 18.5. The van der Waals surface area contributed by atoms with Gasteiger partial charge in [0.15, 0.2) is 5.78 Å². The molecule has 1 heterocycles. The molecule has 0 amide bonds. The fraction of sp³-hybridized carbons (Fsp3) is 0.300. The van der Waals surface area contributed by atoms with Crippen molar-refractivity contribution in [1.29, 1.82) is 0 Å². The van der Waals surface area contributed by atoms with Crippen LogP contribution in [-0.2, 0) is 11.3 Å². The molecular formula is C20H20ClNO5. The number of carbonyl (C=O) groups excluding carboxylic acids is 2. The number of aromatic hydroxyl groups is 2. The third-order valence-corrected chi connectivity index (χ3v) is 5.28. The van der Waals surface area contributed by atoms with Crippen LogP contribution in [0.25, 0.3) is 0 Å². The van der Waals surface area contributed by atoms with E-state index >= 15 is 0 Å². The van der Waals surface area contributed by atoms with Crippen LogP contribution in [0.4, 0.5) is 0 Å². The molecule has 2 aromatic carbocycles. The molecule has 2 aromatic rings. The smallest absolute Gasteiger partial charge is 0.201 e. The van der Waals surface area contributed by atoms with Gasteiger partial charge in [0.1, 0.15) is 31.1 Å². The Morgan fingerprint density at radius 3 is 2.33 bits per heavy atom. The average Bonchev–Trinajstić information content (AvgIpc) is 2.59. The Balaban J connectivity index is 0.00000210. The van der Waals surface area contributed by atoms with E-state index in [1.54, 1.807) is 12.1 Å². The number of hydrogen-bond acceptors (Lipinski definition) is 5. The van der Waals surface area contributed by atoms with Gasteiger partial charge in [-0.3, -0.25) is 9.59 Å². The van der Waals surface area contributed by atoms with Crippen molar-refractivity contribution in [2.45, 2.75) is 6.54 Å². The highest BCUT2D eigenvalue weighted by atomic mass is 35.5. The number of benzene rings is 2. The molecule has 0 radical (unpaired) electrons. The number of hydrogen-bond donors (Lipinski definition) is 2. The van der Waals surface area contributed by atoms with Crippen LogP contribution in [0.1, 0.15) is 37.4 Å². The quantitative estimate of drug-likeness (QED) is 0.541. The monoisotopic (exact) mass is 389 g/mol. The van der Waals surface area contributed by atoms with Gasteiger partial charge in [0.05, 0.1) is 31.4 Å². The molecule has 1 saturated heterocycles. The third kappa shape index (κ3) is 3.20. The third-order valence-electron chi connectivity index (χ3n) is 5.28. The zero-order valence-electron chi connectivity index (χ0n) is 14.9. The van der Waals surface area contributed by atoms with Crippen molar-refractivity contribution in [2.24, 2.45) is 0 Å². The molecule has 27 heavy (non-hydrogen) atoms. The number of phenolic OH excluding ortho intramolecular Hbond substituents is 2. The summed E-state index contributed by atoms with van der Waals surface area (Å²) < 4.78 is 6.16. The Morgan fingerprint density at radius 2 is 1.63 bits per heavy atom. The lowest BCUT2D eigenvalue weighted by molar-refractivity contribution is -0.929. The molecule has 2 N–H and O–H groups in total. The van der Waals surface area contributed by atoms with Crippen molar-refractivity contribution in [1.82, 2.24) is 0 Å². The Bertz CT molecular complexity index is 934. The zero-order valence-corrected chi connectivity index (χ0v) is 15.6. The summed E-state index contributed by atoms with van der Waals surface area (Å²) in [5, 5.41) is 20.5. The van der Waals surface area contributed by atoms with Gasteiger partial charge >= 0.3 is 0 Å². The van der Waals surface area contributed by atoms with Crippen molar-refractivity contribution in [2.75, 3.05) is 33.4 Å². The first-order valence-corrected chi connectivity index (χ1v) is 8.58. The van der Waals surface area contributed by atoms with Gasteiger partial charge in [-0.25, -0.2) is 0 Å². The lowest BCUT2D eigenvalue weighted by Gasteiger charge is -2.37. The predicted octanol–water partition coefficient (Wildman–Crippen LogP) is -1.15. The molecule has 0 aromatic heterocycles. The van der Waals surface area contributed by atoms with Crippen LogP contribution in [0.15, 0.2) is 30.3 Å². The van der Waals surface area contributed by atoms with Gasteiger partial charge < -0.3 is 31.8 Å². The van der Waals surface area contributed by atoms with Crippen molar-refractivity contribution in [3.8, 4) is 11.5 Å². The number of halogens is 1. The maximum Gasteiger partial charge on any atom is 0.201 e. The molecule has 0 saturated carbocycles. The van der Waals surface area contributed by atoms with E-state index in [0.29, 0.717) is 19.8 Å². The Hall–Kier alpha value is -2.41. The summed E-state index contributed by atoms with van der Waals surface area (Å²) in [4.78, 5) is 25.6. The van der Waals surface area contributed by atoms with E-state index in [4.69, 9.17) is 4.74 Å². The van der Waals surface area contributed by atoms with Gasteiger partial charge in [0, 0.05) is 16.7 Å². The number of likely N-dealkylation sites (N-methyl/N-ethyl adjacent to an activating group) is 1. The predicted molar refractivity (Wildman–Crippen MR) is 93.5 cm³/mol. The molecule has 4 rings (SSSR count). The van der Waals surface area contributed by atoms with Crippen LogP contribution in [0.3, 0.4) is 0 Å². The highest BCUT2D eigenvalue weighted by Gasteiger charge is 2.35. The van der Waals surface area contributed by atoms with E-state index in [9.17, 15) is 19.8 Å². The van der Waals surface area contributed by atoms with E-state index in [1.807, 2.05) is 0 Å². The Labute approximate surface area is 163 Å². The number of ether oxygens (including phenoxy) is 1. The molecule has 1 aliphatic carbocycles. The van der Waals surface area contributed by atoms with Crippen molar-refractivity contribution < 1.29 is 41.4 Å². The fourth-order valence-corrected chi connectivity index (χ4v) is 3.81. The number of phenols is 2. The minimum atomic E-state index is -0.525. The lowest BCUT2D eigenvalue weighted by Crippen LogP contribution is -3.00. The highest BCUT2D eigenvalue weighted by molar-refractivity contribution is 6.30. The van der Waals surface area contributed by atoms with Crippen molar-refractivity contribution in [3.63, 3.8) is 0 Å². The van der Waals surface area contributed by atoms with Crippen LogP contribution in [0.5, 0.6) is 11.5 Å². The number of rotatable bonds is 2. The van der Waals surface area contributed by atoms with Crippen LogP contribution in [0.2, 0.25) is 0 Å². The first-order chi connectivity index (χ1) is 12.4. The largest absolute Gasteiger partial charge is 1.00 e. The standard InChI is InChI=1S/C20H19NO5.ClH/c1-21(5-7-26-8-6-21)11-12-9-14-18(16(23)10-12)20(25)17-13(19(14)24)3-2-4-15(17)22;/h2-4,9-10H,5-8,11H2,1H3,(H-,22,23,25);1H. The summed E-state index contributed by atoms with van der Waals surface area (Å²) in [5.41, 5.74) is 1.10. The summed E-state index contributed by atoms with van der Waals surface area (Å²) in [6, 6.07) is 7.67. The van der Waals surface area contributed by atoms with E-state index in [2.05, 4.69) is 7.05 Å². The van der Waals surface area contributed by atoms with Gasteiger partial charge in [-0.1, -0.05) is 12.1 Å². The Kier molecular flexibility index (Phi) is 4.99. The van der Waals surface area contributed by atoms with E-state index in [0.717, 1.165) is 23.1 Å². The molecule has 0 spiro atoms. The minimum absolute atomic E-state index is 0. The van der Waals surface area contributed by atoms with Crippen molar-refractivity contribution in [3.05, 3.63) is 58.1 Å². The van der Waals surface area contributed by atoms with Crippen LogP contribution < -0.4 is 12.4 Å². The summed E-state index contributed by atoms with van der Waals surface area (Å²) in [7, 11) is 2.11. The summed E-state index contributed by atoms with van der Waals surface area (Å²) >= 11 is 0. The van der Waals surface area contributed by atoms with E-state index in [1.165, 1.54) is 18.2 Å². The maximum absolute atomic E-state index is 12.9. The molecule has 0 unspecified atom stereocenters. The number of carbonyl (C=O) groups is 2. The molecule has 142 valence electrons. The van der Waals surface area contributed by atoms with E-state index in [-0.39, 0.29) is 51.9 Å². The van der Waals surface area contributed by atoms with Crippen LogP contribution in [0, 0.1) is 0 Å². The number of nitrogens with zero attached hydrogens (tertiary/aromatic N) is 1. The lowest BCUT2D eigenvalue weighted by atomic mass is 9.82. The van der Waals surface area contributed by atoms with Gasteiger partial charge in [0.2, 0.25) is 5.78 Å². The molecule has 0 atom stereocenters. The summed E-state index contributed by atoms with van der Waals surface area (Å²) in [5.74, 6) is -1.35. The van der Waals surface area contributed by atoms with Gasteiger partial charge in [-0.05, 0) is 18.2 Å². The minimum Gasteiger partial charge on any atom is -1.00 e. The number of ketones is 2. The number of morpholine rings is 1. The molecule has 0 bridgehead atoms. The second kappa shape index (κ2) is 6.96. The Morgan fingerprint density at radius 1 is 0.963 bits per heavy atom. The van der Waals surface area contributed by atoms with Crippen LogP contribution in [-0.4, -0.2) is 59.6 Å². The SMILES string of the molecule is C[N+]1(Cc2cc(O)c3c(c2)C(=O)c2cccc(O)c2C3=O)CCOCC1.[Cl-]. The molecule has 1 fully saturated rings. The van der Waals surface area contributed by atoms with Crippen molar-refractivity contribution >= 4 is 11.6 Å². The van der Waals surface area contributed by atoms with Gasteiger partial charge in [0.25, 0.3) is 0 Å². The van der Waals surface area contributed by atoms with E-state index < -0.39 is 5.78 Å². The molecule has 2 aliphatic rings. The molecule has 6 nitrogen and oxygen atoms in total. The second-order valence-electron chi connectivity index (χ2n) is 7.23. The van der Waals surface area contributed by atoms with Gasteiger partial charge in [-0.15, -0.1) is 0 Å². The topological polar surface area (TPSA) is 83.8 Å². The average molecular weight is 390 g/mol. The van der Waals surface area contributed by atoms with Crippen LogP contribution >= 0.6 is 0 Å². The number of fused-ring (bicyclic) bond motifs is 2. The highest BCUT2D eigenvalue weighted by Crippen LogP contribution is 2.37. The second-order valence-corrected chi connectivity index (χ2v) is 7.23. The first kappa shape index (κ1) is 19.4. The normalized spacial score (nSPS) is 17.7. The van der Waals surface area contributed by atoms with Gasteiger partial charge in [-0.2, -0.15) is 0 Å². The molecule has 7 heteroatoms.